The number of carboxylic acid groups (broad SMARTS) is 1. The third kappa shape index (κ3) is 5.28. The summed E-state index contributed by atoms with van der Waals surface area (Å²) in [6.45, 7) is -0.461. The van der Waals surface area contributed by atoms with Crippen molar-refractivity contribution in [2.45, 2.75) is 9.79 Å². The average Bonchev–Trinajstić information content (AvgIpc) is 3.34. The van der Waals surface area contributed by atoms with Gasteiger partial charge < -0.3 is 20.3 Å². The Kier molecular flexibility index (Phi) is 6.51. The maximum Gasteiger partial charge on any atom is 0.341 e. The van der Waals surface area contributed by atoms with Gasteiger partial charge in [0.25, 0.3) is 5.91 Å². The smallest absolute Gasteiger partial charge is 0.341 e. The highest BCUT2D eigenvalue weighted by Crippen LogP contribution is 2.41. The summed E-state index contributed by atoms with van der Waals surface area (Å²) in [4.78, 5) is 24.8. The van der Waals surface area contributed by atoms with E-state index in [1.54, 1.807) is 36.4 Å². The molecular formula is C22H17N5O5S. The molecule has 1 aromatic heterocycles. The number of aliphatic carboxylic acids is 1. The van der Waals surface area contributed by atoms with Gasteiger partial charge in [0.1, 0.15) is 11.5 Å². The van der Waals surface area contributed by atoms with Gasteiger partial charge >= 0.3 is 5.97 Å². The summed E-state index contributed by atoms with van der Waals surface area (Å²) in [7, 11) is 0. The van der Waals surface area contributed by atoms with Crippen LogP contribution in [0, 0.1) is 0 Å². The van der Waals surface area contributed by atoms with Gasteiger partial charge in [-0.3, -0.25) is 4.79 Å². The van der Waals surface area contributed by atoms with Crippen molar-refractivity contribution in [3.05, 3.63) is 72.3 Å². The Hall–Kier alpha value is -4.38. The standard InChI is InChI=1S/C22H17N5O5S/c28-16-5-3-7-18(20(16)21-24-26-27-25-21)33-17-6-2-1-4-15(17)23-22(31)13-8-10-14(11-9-13)32-12-19(29)30/h1-11,28H,12H2,(H,23,31)(H,29,30)(H,24,25,26,27). The fraction of sp³-hybridized carbons (Fsp3) is 0.0455. The van der Waals surface area contributed by atoms with Crippen molar-refractivity contribution in [3.8, 4) is 22.9 Å². The summed E-state index contributed by atoms with van der Waals surface area (Å²) in [6.07, 6.45) is 0. The van der Waals surface area contributed by atoms with Gasteiger partial charge in [-0.05, 0) is 59.0 Å². The number of ether oxygens (including phenoxy) is 1. The minimum atomic E-state index is -1.08. The Morgan fingerprint density at radius 2 is 1.76 bits per heavy atom. The first-order chi connectivity index (χ1) is 16.0. The van der Waals surface area contributed by atoms with E-state index in [0.717, 1.165) is 4.90 Å². The number of aromatic amines is 1. The zero-order chi connectivity index (χ0) is 23.2. The Morgan fingerprint density at radius 3 is 2.48 bits per heavy atom. The molecule has 0 bridgehead atoms. The molecule has 10 nitrogen and oxygen atoms in total. The van der Waals surface area contributed by atoms with Crippen LogP contribution in [0.3, 0.4) is 0 Å². The molecule has 4 rings (SSSR count). The van der Waals surface area contributed by atoms with E-state index in [0.29, 0.717) is 33.3 Å². The summed E-state index contributed by atoms with van der Waals surface area (Å²) in [5.74, 6) is -0.736. The number of amides is 1. The lowest BCUT2D eigenvalue weighted by molar-refractivity contribution is -0.139. The van der Waals surface area contributed by atoms with Crippen LogP contribution < -0.4 is 10.1 Å². The second-order valence-electron chi connectivity index (χ2n) is 6.66. The van der Waals surface area contributed by atoms with Crippen molar-refractivity contribution in [1.82, 2.24) is 20.6 Å². The molecule has 1 heterocycles. The van der Waals surface area contributed by atoms with Gasteiger partial charge in [-0.15, -0.1) is 5.10 Å². The van der Waals surface area contributed by atoms with E-state index in [9.17, 15) is 14.7 Å². The molecule has 4 aromatic rings. The van der Waals surface area contributed by atoms with Crippen molar-refractivity contribution >= 4 is 29.3 Å². The molecule has 0 atom stereocenters. The van der Waals surface area contributed by atoms with Crippen molar-refractivity contribution in [3.63, 3.8) is 0 Å². The van der Waals surface area contributed by atoms with Crippen LogP contribution in [-0.4, -0.2) is 49.3 Å². The number of benzene rings is 3. The third-order valence-electron chi connectivity index (χ3n) is 4.42. The van der Waals surface area contributed by atoms with E-state index in [1.807, 2.05) is 18.2 Å². The van der Waals surface area contributed by atoms with E-state index < -0.39 is 12.6 Å². The molecule has 0 fully saturated rings. The number of hydrogen-bond donors (Lipinski definition) is 4. The Balaban J connectivity index is 1.54. The van der Waals surface area contributed by atoms with Crippen molar-refractivity contribution in [1.29, 1.82) is 0 Å². The van der Waals surface area contributed by atoms with Crippen molar-refractivity contribution in [2.24, 2.45) is 0 Å². The van der Waals surface area contributed by atoms with E-state index >= 15 is 0 Å². The fourth-order valence-electron chi connectivity index (χ4n) is 2.93. The number of para-hydroxylation sites is 1. The summed E-state index contributed by atoms with van der Waals surface area (Å²) in [6, 6.07) is 18.5. The van der Waals surface area contributed by atoms with Crippen LogP contribution >= 0.6 is 11.8 Å². The van der Waals surface area contributed by atoms with Gasteiger partial charge in [0.15, 0.2) is 12.4 Å². The van der Waals surface area contributed by atoms with Gasteiger partial charge in [-0.25, -0.2) is 9.89 Å². The topological polar surface area (TPSA) is 150 Å². The maximum atomic E-state index is 12.8. The summed E-state index contributed by atoms with van der Waals surface area (Å²) in [5.41, 5.74) is 1.40. The van der Waals surface area contributed by atoms with Crippen LogP contribution in [0.15, 0.2) is 76.5 Å². The monoisotopic (exact) mass is 463 g/mol. The third-order valence-corrected chi connectivity index (χ3v) is 5.56. The van der Waals surface area contributed by atoms with Crippen molar-refractivity contribution in [2.75, 3.05) is 11.9 Å². The highest BCUT2D eigenvalue weighted by Gasteiger charge is 2.17. The Bertz CT molecular complexity index is 1280. The van der Waals surface area contributed by atoms with Crippen LogP contribution in [-0.2, 0) is 4.79 Å². The summed E-state index contributed by atoms with van der Waals surface area (Å²) >= 11 is 1.34. The summed E-state index contributed by atoms with van der Waals surface area (Å²) < 4.78 is 5.09. The number of tetrazole rings is 1. The molecule has 0 aliphatic heterocycles. The van der Waals surface area contributed by atoms with Gasteiger partial charge in [-0.2, -0.15) is 0 Å². The predicted octanol–water partition coefficient (Wildman–Crippen LogP) is 3.44. The van der Waals surface area contributed by atoms with E-state index in [4.69, 9.17) is 9.84 Å². The first kappa shape index (κ1) is 21.8. The molecule has 0 aliphatic carbocycles. The number of aromatic hydroxyl groups is 1. The second-order valence-corrected chi connectivity index (χ2v) is 7.74. The zero-order valence-corrected chi connectivity index (χ0v) is 17.7. The number of nitrogens with one attached hydrogen (secondary N) is 2. The number of carboxylic acids is 1. The fourth-order valence-corrected chi connectivity index (χ4v) is 3.99. The van der Waals surface area contributed by atoms with Crippen LogP contribution in [0.2, 0.25) is 0 Å². The van der Waals surface area contributed by atoms with Gasteiger partial charge in [0, 0.05) is 15.4 Å². The molecular weight excluding hydrogens is 446 g/mol. The van der Waals surface area contributed by atoms with E-state index in [2.05, 4.69) is 25.9 Å². The molecule has 11 heteroatoms. The number of aromatic nitrogens is 4. The number of rotatable bonds is 8. The lowest BCUT2D eigenvalue weighted by Crippen LogP contribution is -2.13. The molecule has 0 aliphatic rings. The lowest BCUT2D eigenvalue weighted by Gasteiger charge is -2.13. The van der Waals surface area contributed by atoms with Crippen molar-refractivity contribution < 1.29 is 24.5 Å². The molecule has 4 N–H and O–H groups in total. The first-order valence-corrected chi connectivity index (χ1v) is 10.4. The molecule has 33 heavy (non-hydrogen) atoms. The number of carbonyl (C=O) groups is 2. The quantitative estimate of drug-likeness (QED) is 0.308. The molecule has 0 saturated carbocycles. The highest BCUT2D eigenvalue weighted by molar-refractivity contribution is 7.99. The minimum Gasteiger partial charge on any atom is -0.507 e. The van der Waals surface area contributed by atoms with Crippen LogP contribution in [0.4, 0.5) is 5.69 Å². The number of hydrogen-bond acceptors (Lipinski definition) is 8. The lowest BCUT2D eigenvalue weighted by atomic mass is 10.2. The van der Waals surface area contributed by atoms with Gasteiger partial charge in [0.05, 0.1) is 11.3 Å². The minimum absolute atomic E-state index is 0.0188. The number of phenols is 1. The number of anilines is 1. The van der Waals surface area contributed by atoms with Crippen LogP contribution in [0.1, 0.15) is 10.4 Å². The first-order valence-electron chi connectivity index (χ1n) is 9.60. The molecule has 1 amide bonds. The number of phenolic OH excluding ortho intramolecular Hbond substituents is 1. The molecule has 0 radical (unpaired) electrons. The largest absolute Gasteiger partial charge is 0.507 e. The normalized spacial score (nSPS) is 10.5. The highest BCUT2D eigenvalue weighted by atomic mass is 32.2. The van der Waals surface area contributed by atoms with Gasteiger partial charge in [0.2, 0.25) is 0 Å². The zero-order valence-electron chi connectivity index (χ0n) is 16.9. The molecule has 3 aromatic carbocycles. The Morgan fingerprint density at radius 1 is 1.00 bits per heavy atom. The van der Waals surface area contributed by atoms with E-state index in [1.165, 1.54) is 23.9 Å². The maximum absolute atomic E-state index is 12.8. The van der Waals surface area contributed by atoms with Gasteiger partial charge in [-0.1, -0.05) is 30.0 Å². The molecule has 0 spiro atoms. The molecule has 0 unspecified atom stereocenters. The summed E-state index contributed by atoms with van der Waals surface area (Å²) in [5, 5.41) is 35.6. The van der Waals surface area contributed by atoms with Crippen LogP contribution in [0.25, 0.3) is 11.4 Å². The van der Waals surface area contributed by atoms with E-state index in [-0.39, 0.29) is 11.7 Å². The predicted molar refractivity (Wildman–Crippen MR) is 119 cm³/mol. The second kappa shape index (κ2) is 9.83. The Labute approximate surface area is 191 Å². The molecule has 0 saturated heterocycles. The number of nitrogens with zero attached hydrogens (tertiary/aromatic N) is 3. The SMILES string of the molecule is O=C(O)COc1ccc(C(=O)Nc2ccccc2Sc2cccc(O)c2-c2nnn[nH]2)cc1. The number of carbonyl (C=O) groups excluding carboxylic acids is 1. The molecule has 166 valence electrons. The average molecular weight is 463 g/mol. The van der Waals surface area contributed by atoms with Crippen LogP contribution in [0.5, 0.6) is 11.5 Å². The number of H-pyrrole nitrogens is 1.